The number of amidine groups is 1. The summed E-state index contributed by atoms with van der Waals surface area (Å²) in [5, 5.41) is 13.9. The van der Waals surface area contributed by atoms with E-state index in [1.807, 2.05) is 30.3 Å². The first-order chi connectivity index (χ1) is 13.0. The highest BCUT2D eigenvalue weighted by Crippen LogP contribution is 2.14. The van der Waals surface area contributed by atoms with E-state index in [4.69, 9.17) is 10.1 Å². The highest BCUT2D eigenvalue weighted by atomic mass is 16.5. The van der Waals surface area contributed by atoms with E-state index in [9.17, 15) is 9.59 Å². The molecule has 1 atom stereocenters. The van der Waals surface area contributed by atoms with Gasteiger partial charge in [-0.1, -0.05) is 36.4 Å². The standard InChI is InChI=1S/C21H22N3O3/c1-14-9-10-16(21(26)27-13-15-6-3-2-4-7-15)12-17(14)19(22)24-20(25)18-8-5-11-23-18/h2-4,6-7,9-10,12,18,23H,1,5,8,11,13H2,(H2,22,24,25)/t18-/m0/s1. The summed E-state index contributed by atoms with van der Waals surface area (Å²) in [7, 11) is 0. The number of amides is 1. The molecular weight excluding hydrogens is 342 g/mol. The van der Waals surface area contributed by atoms with Crippen molar-refractivity contribution in [3.05, 3.63) is 77.7 Å². The number of ether oxygens (including phenoxy) is 1. The fraction of sp³-hybridized carbons (Fsp3) is 0.238. The van der Waals surface area contributed by atoms with Crippen molar-refractivity contribution in [2.75, 3.05) is 6.54 Å². The van der Waals surface area contributed by atoms with Crippen LogP contribution in [0.25, 0.3) is 0 Å². The summed E-state index contributed by atoms with van der Waals surface area (Å²) >= 11 is 0. The van der Waals surface area contributed by atoms with Gasteiger partial charge < -0.3 is 15.4 Å². The first-order valence-corrected chi connectivity index (χ1v) is 8.85. The molecular formula is C21H22N3O3. The van der Waals surface area contributed by atoms with Crippen molar-refractivity contribution in [2.45, 2.75) is 25.5 Å². The highest BCUT2D eigenvalue weighted by Gasteiger charge is 2.23. The number of nitrogens with one attached hydrogen (secondary N) is 3. The zero-order chi connectivity index (χ0) is 19.2. The summed E-state index contributed by atoms with van der Waals surface area (Å²) in [4.78, 5) is 24.5. The minimum absolute atomic E-state index is 0.0728. The number of esters is 1. The third kappa shape index (κ3) is 4.80. The van der Waals surface area contributed by atoms with Crippen LogP contribution in [-0.2, 0) is 16.1 Å². The minimum atomic E-state index is -0.489. The lowest BCUT2D eigenvalue weighted by Gasteiger charge is -2.14. The van der Waals surface area contributed by atoms with Gasteiger partial charge in [0.25, 0.3) is 0 Å². The Hall–Kier alpha value is -2.99. The average molecular weight is 364 g/mol. The Balaban J connectivity index is 1.66. The molecule has 1 aliphatic rings. The molecule has 1 radical (unpaired) electrons. The molecule has 0 aromatic heterocycles. The zero-order valence-corrected chi connectivity index (χ0v) is 15.0. The summed E-state index contributed by atoms with van der Waals surface area (Å²) in [6.45, 7) is 4.85. The van der Waals surface area contributed by atoms with Gasteiger partial charge in [0.2, 0.25) is 5.91 Å². The average Bonchev–Trinajstić information content (AvgIpc) is 3.22. The van der Waals surface area contributed by atoms with E-state index in [0.29, 0.717) is 16.7 Å². The van der Waals surface area contributed by atoms with E-state index >= 15 is 0 Å². The Morgan fingerprint density at radius 3 is 2.70 bits per heavy atom. The van der Waals surface area contributed by atoms with Crippen LogP contribution in [0, 0.1) is 12.3 Å². The molecule has 1 saturated heterocycles. The van der Waals surface area contributed by atoms with Crippen LogP contribution in [0.2, 0.25) is 0 Å². The van der Waals surface area contributed by atoms with E-state index in [1.165, 1.54) is 6.07 Å². The third-order valence-corrected chi connectivity index (χ3v) is 4.45. The van der Waals surface area contributed by atoms with Gasteiger partial charge in [-0.2, -0.15) is 0 Å². The molecule has 0 aliphatic carbocycles. The molecule has 0 bridgehead atoms. The van der Waals surface area contributed by atoms with Gasteiger partial charge in [0.1, 0.15) is 12.4 Å². The van der Waals surface area contributed by atoms with Crippen LogP contribution < -0.4 is 10.6 Å². The summed E-state index contributed by atoms with van der Waals surface area (Å²) < 4.78 is 5.32. The number of rotatable bonds is 5. The number of hydrogen-bond donors (Lipinski definition) is 3. The molecule has 6 nitrogen and oxygen atoms in total. The molecule has 3 rings (SSSR count). The first-order valence-electron chi connectivity index (χ1n) is 8.85. The molecule has 1 aliphatic heterocycles. The Labute approximate surface area is 158 Å². The second-order valence-electron chi connectivity index (χ2n) is 6.45. The highest BCUT2D eigenvalue weighted by molar-refractivity contribution is 6.09. The lowest BCUT2D eigenvalue weighted by molar-refractivity contribution is -0.121. The van der Waals surface area contributed by atoms with E-state index < -0.39 is 5.97 Å². The summed E-state index contributed by atoms with van der Waals surface area (Å²) in [5.41, 5.74) is 2.16. The monoisotopic (exact) mass is 364 g/mol. The topological polar surface area (TPSA) is 91.3 Å². The molecule has 139 valence electrons. The van der Waals surface area contributed by atoms with Crippen molar-refractivity contribution >= 4 is 17.7 Å². The maximum atomic E-state index is 12.3. The van der Waals surface area contributed by atoms with Crippen molar-refractivity contribution in [3.8, 4) is 0 Å². The largest absolute Gasteiger partial charge is 0.457 e. The quantitative estimate of drug-likeness (QED) is 0.432. The van der Waals surface area contributed by atoms with Crippen molar-refractivity contribution < 1.29 is 14.3 Å². The Morgan fingerprint density at radius 1 is 1.22 bits per heavy atom. The molecule has 2 aromatic rings. The zero-order valence-electron chi connectivity index (χ0n) is 15.0. The first kappa shape index (κ1) is 18.8. The minimum Gasteiger partial charge on any atom is -0.457 e. The van der Waals surface area contributed by atoms with Gasteiger partial charge in [-0.25, -0.2) is 4.79 Å². The number of hydrogen-bond acceptors (Lipinski definition) is 5. The van der Waals surface area contributed by atoms with Gasteiger partial charge in [-0.05, 0) is 49.6 Å². The summed E-state index contributed by atoms with van der Waals surface area (Å²) in [6.07, 6.45) is 1.69. The van der Waals surface area contributed by atoms with E-state index in [0.717, 1.165) is 24.9 Å². The molecule has 1 fully saturated rings. The van der Waals surface area contributed by atoms with Gasteiger partial charge in [-0.15, -0.1) is 0 Å². The van der Waals surface area contributed by atoms with Gasteiger partial charge in [0.05, 0.1) is 11.6 Å². The molecule has 0 spiro atoms. The predicted octanol–water partition coefficient (Wildman–Crippen LogP) is 2.42. The second kappa shape index (κ2) is 8.60. The third-order valence-electron chi connectivity index (χ3n) is 4.45. The molecule has 2 aromatic carbocycles. The molecule has 0 saturated carbocycles. The number of carbonyl (C=O) groups excluding carboxylic acids is 2. The van der Waals surface area contributed by atoms with E-state index in [-0.39, 0.29) is 24.4 Å². The molecule has 0 unspecified atom stereocenters. The molecule has 1 amide bonds. The second-order valence-corrected chi connectivity index (χ2v) is 6.45. The van der Waals surface area contributed by atoms with Crippen LogP contribution in [0.3, 0.4) is 0 Å². The summed E-state index contributed by atoms with van der Waals surface area (Å²) in [6, 6.07) is 13.9. The van der Waals surface area contributed by atoms with Gasteiger partial charge in [0, 0.05) is 5.56 Å². The maximum Gasteiger partial charge on any atom is 0.338 e. The van der Waals surface area contributed by atoms with E-state index in [1.54, 1.807) is 12.1 Å². The van der Waals surface area contributed by atoms with Crippen LogP contribution in [-0.4, -0.2) is 30.3 Å². The normalized spacial score (nSPS) is 16.0. The van der Waals surface area contributed by atoms with Crippen LogP contribution in [0.15, 0.2) is 48.5 Å². The van der Waals surface area contributed by atoms with Gasteiger partial charge in [-0.3, -0.25) is 10.2 Å². The molecule has 27 heavy (non-hydrogen) atoms. The van der Waals surface area contributed by atoms with Crippen molar-refractivity contribution in [2.24, 2.45) is 0 Å². The fourth-order valence-electron chi connectivity index (χ4n) is 2.93. The van der Waals surface area contributed by atoms with Crippen molar-refractivity contribution in [1.82, 2.24) is 10.6 Å². The van der Waals surface area contributed by atoms with Crippen molar-refractivity contribution in [3.63, 3.8) is 0 Å². The maximum absolute atomic E-state index is 12.3. The molecule has 6 heteroatoms. The van der Waals surface area contributed by atoms with Gasteiger partial charge in [0.15, 0.2) is 0 Å². The summed E-state index contributed by atoms with van der Waals surface area (Å²) in [5.74, 6) is -0.804. The Kier molecular flexibility index (Phi) is 5.98. The Morgan fingerprint density at radius 2 is 2.00 bits per heavy atom. The smallest absolute Gasteiger partial charge is 0.338 e. The number of benzene rings is 2. The lowest BCUT2D eigenvalue weighted by Crippen LogP contribution is -2.43. The fourth-order valence-corrected chi connectivity index (χ4v) is 2.93. The Bertz CT molecular complexity index is 843. The lowest BCUT2D eigenvalue weighted by atomic mass is 10.0. The molecule has 1 heterocycles. The van der Waals surface area contributed by atoms with E-state index in [2.05, 4.69) is 17.6 Å². The van der Waals surface area contributed by atoms with Crippen molar-refractivity contribution in [1.29, 1.82) is 5.41 Å². The SMILES string of the molecule is [CH2]c1ccc(C(=O)OCc2ccccc2)cc1C(=N)NC(=O)[C@@H]1CCCN1. The number of carbonyl (C=O) groups is 2. The van der Waals surface area contributed by atoms with Crippen LogP contribution in [0.4, 0.5) is 0 Å². The van der Waals surface area contributed by atoms with Gasteiger partial charge >= 0.3 is 5.97 Å². The van der Waals surface area contributed by atoms with Crippen LogP contribution in [0.1, 0.15) is 39.9 Å². The molecule has 3 N–H and O–H groups in total. The predicted molar refractivity (Wildman–Crippen MR) is 102 cm³/mol. The van der Waals surface area contributed by atoms with Crippen LogP contribution in [0.5, 0.6) is 0 Å². The van der Waals surface area contributed by atoms with Crippen LogP contribution >= 0.6 is 0 Å².